The lowest BCUT2D eigenvalue weighted by Crippen LogP contribution is -2.38. The number of nitrogens with zero attached hydrogens (tertiary/aromatic N) is 1. The van der Waals surface area contributed by atoms with Crippen molar-refractivity contribution in [3.63, 3.8) is 0 Å². The van der Waals surface area contributed by atoms with Gasteiger partial charge in [-0.25, -0.2) is 0 Å². The molecule has 0 radical (unpaired) electrons. The molecule has 32 heavy (non-hydrogen) atoms. The number of aromatic nitrogens is 1. The summed E-state index contributed by atoms with van der Waals surface area (Å²) in [6.07, 6.45) is 3.41. The fourth-order valence-corrected chi connectivity index (χ4v) is 3.10. The lowest BCUT2D eigenvalue weighted by molar-refractivity contribution is -0.141. The van der Waals surface area contributed by atoms with E-state index in [1.165, 1.54) is 25.4 Å². The third-order valence-electron chi connectivity index (χ3n) is 4.74. The Hall–Kier alpha value is -4.20. The lowest BCUT2D eigenvalue weighted by Gasteiger charge is -2.18. The number of phenolic OH excluding ortho intramolecular Hbond substituents is 1. The summed E-state index contributed by atoms with van der Waals surface area (Å²) in [4.78, 5) is 40.6. The highest BCUT2D eigenvalue weighted by Crippen LogP contribution is 2.19. The molecule has 0 spiro atoms. The summed E-state index contributed by atoms with van der Waals surface area (Å²) in [5.41, 5.74) is 1.97. The largest absolute Gasteiger partial charge is 0.507 e. The number of amides is 2. The summed E-state index contributed by atoms with van der Waals surface area (Å²) < 4.78 is 4.75. The number of phenols is 1. The molecule has 0 fully saturated rings. The molecule has 1 heterocycles. The molecular weight excluding hydrogens is 410 g/mol. The van der Waals surface area contributed by atoms with Crippen LogP contribution in [0.4, 0.5) is 5.69 Å². The number of rotatable bonds is 8. The minimum absolute atomic E-state index is 0.00821. The molecule has 0 unspecified atom stereocenters. The predicted octanol–water partition coefficient (Wildman–Crippen LogP) is 2.94. The van der Waals surface area contributed by atoms with E-state index in [0.717, 1.165) is 5.56 Å². The van der Waals surface area contributed by atoms with Gasteiger partial charge in [0.2, 0.25) is 0 Å². The molecule has 2 amide bonds. The third kappa shape index (κ3) is 6.15. The fourth-order valence-electron chi connectivity index (χ4n) is 3.10. The molecule has 0 saturated carbocycles. The Balaban J connectivity index is 1.66. The van der Waals surface area contributed by atoms with E-state index in [0.29, 0.717) is 17.7 Å². The number of benzene rings is 2. The van der Waals surface area contributed by atoms with Crippen LogP contribution in [0.3, 0.4) is 0 Å². The molecule has 3 aromatic rings. The first kappa shape index (κ1) is 22.5. The Labute approximate surface area is 185 Å². The van der Waals surface area contributed by atoms with Gasteiger partial charge in [0.25, 0.3) is 11.8 Å². The number of ether oxygens (including phenoxy) is 1. The van der Waals surface area contributed by atoms with Crippen molar-refractivity contribution in [3.05, 3.63) is 89.7 Å². The zero-order chi connectivity index (χ0) is 22.9. The smallest absolute Gasteiger partial charge is 0.307 e. The number of nitrogens with one attached hydrogen (secondary N) is 2. The Morgan fingerprint density at radius 3 is 2.41 bits per heavy atom. The van der Waals surface area contributed by atoms with Crippen LogP contribution in [0.25, 0.3) is 0 Å². The molecule has 164 valence electrons. The Morgan fingerprint density at radius 2 is 1.75 bits per heavy atom. The quantitative estimate of drug-likeness (QED) is 0.470. The Morgan fingerprint density at radius 1 is 1.00 bits per heavy atom. The van der Waals surface area contributed by atoms with E-state index < -0.39 is 17.9 Å². The van der Waals surface area contributed by atoms with Crippen LogP contribution in [0.15, 0.2) is 73.1 Å². The van der Waals surface area contributed by atoms with E-state index in [-0.39, 0.29) is 23.6 Å². The number of methoxy groups -OCH3 is 1. The number of carbonyl (C=O) groups excluding carboxylic acids is 3. The van der Waals surface area contributed by atoms with Crippen molar-refractivity contribution in [2.45, 2.75) is 18.9 Å². The summed E-state index contributed by atoms with van der Waals surface area (Å²) in [7, 11) is 1.30. The van der Waals surface area contributed by atoms with Gasteiger partial charge >= 0.3 is 5.97 Å². The topological polar surface area (TPSA) is 118 Å². The first-order valence-electron chi connectivity index (χ1n) is 9.92. The second-order valence-electron chi connectivity index (χ2n) is 7.06. The molecule has 8 heteroatoms. The van der Waals surface area contributed by atoms with E-state index in [9.17, 15) is 19.5 Å². The summed E-state index contributed by atoms with van der Waals surface area (Å²) in [6.45, 7) is 0. The molecule has 0 aliphatic carbocycles. The van der Waals surface area contributed by atoms with Gasteiger partial charge in [-0.3, -0.25) is 19.4 Å². The van der Waals surface area contributed by atoms with Gasteiger partial charge in [0.15, 0.2) is 0 Å². The van der Waals surface area contributed by atoms with Crippen molar-refractivity contribution < 1.29 is 24.2 Å². The average Bonchev–Trinajstić information content (AvgIpc) is 2.81. The van der Waals surface area contributed by atoms with Crippen molar-refractivity contribution in [3.8, 4) is 5.75 Å². The molecular formula is C24H23N3O5. The van der Waals surface area contributed by atoms with Gasteiger partial charge < -0.3 is 20.5 Å². The average molecular weight is 433 g/mol. The number of hydrogen-bond donors (Lipinski definition) is 3. The molecule has 2 aromatic carbocycles. The molecule has 3 rings (SSSR count). The summed E-state index contributed by atoms with van der Waals surface area (Å²) >= 11 is 0. The highest BCUT2D eigenvalue weighted by Gasteiger charge is 2.19. The van der Waals surface area contributed by atoms with Gasteiger partial charge in [0, 0.05) is 24.1 Å². The highest BCUT2D eigenvalue weighted by atomic mass is 16.5. The lowest BCUT2D eigenvalue weighted by atomic mass is 10.0. The number of hydrogen-bond acceptors (Lipinski definition) is 6. The van der Waals surface area contributed by atoms with E-state index in [2.05, 4.69) is 15.6 Å². The zero-order valence-electron chi connectivity index (χ0n) is 17.4. The van der Waals surface area contributed by atoms with Crippen molar-refractivity contribution in [2.75, 3.05) is 12.4 Å². The van der Waals surface area contributed by atoms with Gasteiger partial charge in [-0.05, 0) is 48.4 Å². The number of pyridine rings is 1. The van der Waals surface area contributed by atoms with Crippen LogP contribution < -0.4 is 10.6 Å². The minimum atomic E-state index is -0.489. The van der Waals surface area contributed by atoms with Crippen LogP contribution >= 0.6 is 0 Å². The molecule has 8 nitrogen and oxygen atoms in total. The van der Waals surface area contributed by atoms with Gasteiger partial charge in [-0.15, -0.1) is 0 Å². The predicted molar refractivity (Wildman–Crippen MR) is 118 cm³/mol. The van der Waals surface area contributed by atoms with Crippen LogP contribution in [0.1, 0.15) is 32.7 Å². The Bertz CT molecular complexity index is 1080. The van der Waals surface area contributed by atoms with E-state index in [1.807, 2.05) is 0 Å². The first-order valence-corrected chi connectivity index (χ1v) is 9.92. The van der Waals surface area contributed by atoms with Crippen LogP contribution in [0.5, 0.6) is 5.75 Å². The summed E-state index contributed by atoms with van der Waals surface area (Å²) in [5.74, 6) is -1.30. The maximum absolute atomic E-state index is 12.5. The summed E-state index contributed by atoms with van der Waals surface area (Å²) in [5, 5.41) is 15.4. The number of aromatic hydroxyl groups is 1. The van der Waals surface area contributed by atoms with E-state index in [1.54, 1.807) is 54.7 Å². The van der Waals surface area contributed by atoms with Gasteiger partial charge in [-0.2, -0.15) is 0 Å². The molecule has 0 aliphatic heterocycles. The zero-order valence-corrected chi connectivity index (χ0v) is 17.4. The number of esters is 1. The van der Waals surface area contributed by atoms with Crippen LogP contribution in [-0.4, -0.2) is 41.0 Å². The maximum Gasteiger partial charge on any atom is 0.307 e. The van der Waals surface area contributed by atoms with Crippen LogP contribution in [0, 0.1) is 0 Å². The molecule has 0 saturated heterocycles. The maximum atomic E-state index is 12.5. The van der Waals surface area contributed by atoms with Gasteiger partial charge in [0.1, 0.15) is 5.75 Å². The monoisotopic (exact) mass is 433 g/mol. The van der Waals surface area contributed by atoms with Crippen molar-refractivity contribution in [2.24, 2.45) is 0 Å². The van der Waals surface area contributed by atoms with Crippen molar-refractivity contribution >= 4 is 23.5 Å². The normalized spacial score (nSPS) is 11.3. The van der Waals surface area contributed by atoms with Crippen molar-refractivity contribution in [1.82, 2.24) is 10.3 Å². The molecule has 0 bridgehead atoms. The molecule has 0 aliphatic rings. The molecule has 3 N–H and O–H groups in total. The van der Waals surface area contributed by atoms with Crippen LogP contribution in [-0.2, 0) is 16.0 Å². The first-order chi connectivity index (χ1) is 15.5. The second kappa shape index (κ2) is 10.7. The summed E-state index contributed by atoms with van der Waals surface area (Å²) in [6, 6.07) is 16.1. The fraction of sp³-hybridized carbons (Fsp3) is 0.167. The van der Waals surface area contributed by atoms with Gasteiger partial charge in [0.05, 0.1) is 24.7 Å². The minimum Gasteiger partial charge on any atom is -0.507 e. The second-order valence-corrected chi connectivity index (χ2v) is 7.06. The number of para-hydroxylation sites is 1. The SMILES string of the molecule is COC(=O)C[C@@H](Cc1ccc(NC(=O)c2ccccc2O)cc1)NC(=O)c1cccnc1. The number of anilines is 1. The number of carbonyl (C=O) groups is 3. The standard InChI is InChI=1S/C24H23N3O5/c1-32-22(29)14-19(27-23(30)17-5-4-12-25-15-17)13-16-8-10-18(11-9-16)26-24(31)20-6-2-3-7-21(20)28/h2-12,15,19,28H,13-14H2,1H3,(H,26,31)(H,27,30)/t19-/m1/s1. The highest BCUT2D eigenvalue weighted by molar-refractivity contribution is 6.06. The van der Waals surface area contributed by atoms with E-state index >= 15 is 0 Å². The van der Waals surface area contributed by atoms with Gasteiger partial charge in [-0.1, -0.05) is 24.3 Å². The third-order valence-corrected chi connectivity index (χ3v) is 4.74. The van der Waals surface area contributed by atoms with Crippen LogP contribution in [0.2, 0.25) is 0 Å². The Kier molecular flexibility index (Phi) is 7.53. The van der Waals surface area contributed by atoms with Crippen molar-refractivity contribution in [1.29, 1.82) is 0 Å². The molecule has 1 aromatic heterocycles. The van der Waals surface area contributed by atoms with E-state index in [4.69, 9.17) is 4.74 Å². The molecule has 1 atom stereocenters.